The van der Waals surface area contributed by atoms with Crippen LogP contribution < -0.4 is 4.31 Å². The molecule has 2 heterocycles. The van der Waals surface area contributed by atoms with Gasteiger partial charge in [-0.25, -0.2) is 12.7 Å². The van der Waals surface area contributed by atoms with Crippen molar-refractivity contribution in [3.05, 3.63) is 35.8 Å². The predicted molar refractivity (Wildman–Crippen MR) is 77.4 cm³/mol. The molecule has 10 heteroatoms. The number of hydrogen-bond donors (Lipinski definition) is 1. The van der Waals surface area contributed by atoms with Crippen molar-refractivity contribution in [1.82, 2.24) is 15.2 Å². The van der Waals surface area contributed by atoms with Gasteiger partial charge in [-0.1, -0.05) is 6.92 Å². The summed E-state index contributed by atoms with van der Waals surface area (Å²) in [6.45, 7) is 3.39. The number of alkyl halides is 3. The van der Waals surface area contributed by atoms with Gasteiger partial charge in [-0.05, 0) is 25.0 Å². The molecule has 2 rings (SSSR count). The molecule has 23 heavy (non-hydrogen) atoms. The second-order valence-electron chi connectivity index (χ2n) is 4.91. The number of aromatic amines is 1. The van der Waals surface area contributed by atoms with E-state index in [0.717, 1.165) is 10.5 Å². The highest BCUT2D eigenvalue weighted by Crippen LogP contribution is 2.31. The Bertz CT molecular complexity index is 787. The molecule has 0 saturated carbocycles. The lowest BCUT2D eigenvalue weighted by Gasteiger charge is -2.21. The van der Waals surface area contributed by atoms with Gasteiger partial charge < -0.3 is 0 Å². The van der Waals surface area contributed by atoms with Crippen molar-refractivity contribution in [2.75, 3.05) is 10.8 Å². The average molecular weight is 348 g/mol. The summed E-state index contributed by atoms with van der Waals surface area (Å²) < 4.78 is 64.2. The maximum absolute atomic E-state index is 12.7. The number of hydrogen-bond acceptors (Lipinski definition) is 4. The SMILES string of the molecule is CCCN(c1cc(C(F)(F)F)[nH]n1)S(=O)(=O)c1cncc(C)c1. The highest BCUT2D eigenvalue weighted by Gasteiger charge is 2.35. The number of nitrogens with zero attached hydrogens (tertiary/aromatic N) is 3. The fourth-order valence-corrected chi connectivity index (χ4v) is 3.49. The molecule has 0 aliphatic carbocycles. The first kappa shape index (κ1) is 17.3. The minimum Gasteiger partial charge on any atom is -0.271 e. The number of sulfonamides is 1. The minimum atomic E-state index is -4.63. The molecule has 126 valence electrons. The molecule has 0 fully saturated rings. The predicted octanol–water partition coefficient (Wildman–Crippen LogP) is 2.74. The van der Waals surface area contributed by atoms with Crippen LogP contribution in [-0.4, -0.2) is 30.1 Å². The van der Waals surface area contributed by atoms with Gasteiger partial charge in [0.2, 0.25) is 0 Å². The van der Waals surface area contributed by atoms with E-state index in [2.05, 4.69) is 10.1 Å². The van der Waals surface area contributed by atoms with Crippen LogP contribution >= 0.6 is 0 Å². The zero-order valence-electron chi connectivity index (χ0n) is 12.4. The second kappa shape index (κ2) is 6.19. The molecule has 0 amide bonds. The van der Waals surface area contributed by atoms with Crippen molar-refractivity contribution in [2.45, 2.75) is 31.3 Å². The maximum Gasteiger partial charge on any atom is 0.432 e. The summed E-state index contributed by atoms with van der Waals surface area (Å²) in [4.78, 5) is 3.72. The Kier molecular flexibility index (Phi) is 4.64. The van der Waals surface area contributed by atoms with Crippen LogP contribution in [0.4, 0.5) is 19.0 Å². The van der Waals surface area contributed by atoms with Crippen molar-refractivity contribution in [3.63, 3.8) is 0 Å². The zero-order chi connectivity index (χ0) is 17.3. The van der Waals surface area contributed by atoms with Crippen molar-refractivity contribution in [2.24, 2.45) is 0 Å². The highest BCUT2D eigenvalue weighted by atomic mass is 32.2. The number of anilines is 1. The standard InChI is InChI=1S/C13H15F3N4O2S/c1-3-4-20(12-6-11(18-19-12)13(14,15)16)23(21,22)10-5-9(2)7-17-8-10/h5-8H,3-4H2,1-2H3,(H,18,19). The summed E-state index contributed by atoms with van der Waals surface area (Å²) in [7, 11) is -4.05. The van der Waals surface area contributed by atoms with Gasteiger partial charge in [0.1, 0.15) is 10.6 Å². The fourth-order valence-electron chi connectivity index (χ4n) is 1.94. The lowest BCUT2D eigenvalue weighted by Crippen LogP contribution is -2.32. The Morgan fingerprint density at radius 1 is 1.26 bits per heavy atom. The Morgan fingerprint density at radius 2 is 1.96 bits per heavy atom. The third-order valence-electron chi connectivity index (χ3n) is 2.99. The summed E-state index contributed by atoms with van der Waals surface area (Å²) in [6.07, 6.45) is -1.58. The van der Waals surface area contributed by atoms with E-state index in [0.29, 0.717) is 18.1 Å². The molecule has 1 N–H and O–H groups in total. The van der Waals surface area contributed by atoms with Gasteiger partial charge in [-0.15, -0.1) is 0 Å². The van der Waals surface area contributed by atoms with E-state index in [9.17, 15) is 21.6 Å². The Morgan fingerprint density at radius 3 is 2.48 bits per heavy atom. The molecular formula is C13H15F3N4O2S. The molecule has 2 aromatic heterocycles. The molecule has 0 bridgehead atoms. The van der Waals surface area contributed by atoms with Crippen molar-refractivity contribution < 1.29 is 21.6 Å². The first-order chi connectivity index (χ1) is 10.7. The third kappa shape index (κ3) is 3.63. The van der Waals surface area contributed by atoms with Crippen LogP contribution in [-0.2, 0) is 16.2 Å². The van der Waals surface area contributed by atoms with E-state index in [-0.39, 0.29) is 17.3 Å². The molecule has 0 aliphatic heterocycles. The van der Waals surface area contributed by atoms with Gasteiger partial charge in [0, 0.05) is 25.0 Å². The Labute approximate surface area is 131 Å². The molecule has 0 radical (unpaired) electrons. The van der Waals surface area contributed by atoms with Gasteiger partial charge >= 0.3 is 6.18 Å². The summed E-state index contributed by atoms with van der Waals surface area (Å²) in [5, 5.41) is 5.32. The molecular weight excluding hydrogens is 333 g/mol. The molecule has 0 spiro atoms. The molecule has 0 atom stereocenters. The van der Waals surface area contributed by atoms with Crippen LogP contribution in [0.5, 0.6) is 0 Å². The van der Waals surface area contributed by atoms with Gasteiger partial charge in [0.05, 0.1) is 0 Å². The summed E-state index contributed by atoms with van der Waals surface area (Å²) in [5.74, 6) is -0.305. The zero-order valence-corrected chi connectivity index (χ0v) is 13.2. The Balaban J connectivity index is 2.47. The highest BCUT2D eigenvalue weighted by molar-refractivity contribution is 7.92. The van der Waals surface area contributed by atoms with Crippen molar-refractivity contribution >= 4 is 15.8 Å². The number of pyridine rings is 1. The van der Waals surface area contributed by atoms with Crippen LogP contribution in [0.3, 0.4) is 0 Å². The van der Waals surface area contributed by atoms with Gasteiger partial charge in [0.25, 0.3) is 10.0 Å². The molecule has 0 saturated heterocycles. The van der Waals surface area contributed by atoms with Gasteiger partial charge in [-0.3, -0.25) is 10.1 Å². The van der Waals surface area contributed by atoms with E-state index in [4.69, 9.17) is 0 Å². The second-order valence-corrected chi connectivity index (χ2v) is 6.78. The normalized spacial score (nSPS) is 12.4. The van der Waals surface area contributed by atoms with Crippen LogP contribution in [0.2, 0.25) is 0 Å². The lowest BCUT2D eigenvalue weighted by atomic mass is 10.3. The van der Waals surface area contributed by atoms with Gasteiger partial charge in [-0.2, -0.15) is 18.3 Å². The average Bonchev–Trinajstić information content (AvgIpc) is 2.94. The largest absolute Gasteiger partial charge is 0.432 e. The molecule has 0 aliphatic rings. The topological polar surface area (TPSA) is 79.0 Å². The van der Waals surface area contributed by atoms with E-state index < -0.39 is 21.9 Å². The van der Waals surface area contributed by atoms with Crippen LogP contribution in [0.25, 0.3) is 0 Å². The monoisotopic (exact) mass is 348 g/mol. The first-order valence-corrected chi connectivity index (χ1v) is 8.17. The quantitative estimate of drug-likeness (QED) is 0.901. The van der Waals surface area contributed by atoms with Crippen LogP contribution in [0, 0.1) is 6.92 Å². The van der Waals surface area contributed by atoms with E-state index >= 15 is 0 Å². The van der Waals surface area contributed by atoms with E-state index in [1.807, 2.05) is 5.10 Å². The molecule has 2 aromatic rings. The molecule has 0 aromatic carbocycles. The first-order valence-electron chi connectivity index (χ1n) is 6.73. The fraction of sp³-hybridized carbons (Fsp3) is 0.385. The number of halogens is 3. The number of nitrogens with one attached hydrogen (secondary N) is 1. The lowest BCUT2D eigenvalue weighted by molar-refractivity contribution is -0.141. The number of aryl methyl sites for hydroxylation is 1. The Hall–Kier alpha value is -2.10. The van der Waals surface area contributed by atoms with Crippen LogP contribution in [0.15, 0.2) is 29.4 Å². The molecule has 6 nitrogen and oxygen atoms in total. The van der Waals surface area contributed by atoms with Crippen molar-refractivity contribution in [3.8, 4) is 0 Å². The summed E-state index contributed by atoms with van der Waals surface area (Å²) >= 11 is 0. The maximum atomic E-state index is 12.7. The molecule has 0 unspecified atom stereocenters. The number of H-pyrrole nitrogens is 1. The number of rotatable bonds is 5. The van der Waals surface area contributed by atoms with Crippen LogP contribution in [0.1, 0.15) is 24.6 Å². The third-order valence-corrected chi connectivity index (χ3v) is 4.76. The number of aromatic nitrogens is 3. The smallest absolute Gasteiger partial charge is 0.271 e. The van der Waals surface area contributed by atoms with E-state index in [1.54, 1.807) is 13.8 Å². The van der Waals surface area contributed by atoms with Crippen molar-refractivity contribution in [1.29, 1.82) is 0 Å². The summed E-state index contributed by atoms with van der Waals surface area (Å²) in [6, 6.07) is 2.08. The van der Waals surface area contributed by atoms with Gasteiger partial charge in [0.15, 0.2) is 5.82 Å². The minimum absolute atomic E-state index is 0.00156. The summed E-state index contributed by atoms with van der Waals surface area (Å²) in [5.41, 5.74) is -0.480. The van der Waals surface area contributed by atoms with E-state index in [1.165, 1.54) is 12.3 Å².